The van der Waals surface area contributed by atoms with Crippen LogP contribution in [0.4, 0.5) is 5.69 Å². The molecule has 0 radical (unpaired) electrons. The molecule has 0 bridgehead atoms. The fraction of sp³-hybridized carbons (Fsp3) is 0.227. The standard InChI is InChI=1S/C22H23N3O2/c1-14-8-9-18(12-16(14)3)20-10-11-22(27)25(24-20)13-21(26)23-19-7-5-6-15(2)17(19)4/h5-12H,13H2,1-4H3,(H,23,26). The number of hydrogen-bond donors (Lipinski definition) is 1. The molecule has 0 aliphatic carbocycles. The predicted octanol–water partition coefficient (Wildman–Crippen LogP) is 3.78. The van der Waals surface area contributed by atoms with Gasteiger partial charge in [0, 0.05) is 17.3 Å². The molecule has 1 N–H and O–H groups in total. The van der Waals surface area contributed by atoms with Gasteiger partial charge in [0.25, 0.3) is 5.56 Å². The topological polar surface area (TPSA) is 64.0 Å². The maximum absolute atomic E-state index is 12.4. The summed E-state index contributed by atoms with van der Waals surface area (Å²) in [7, 11) is 0. The highest BCUT2D eigenvalue weighted by Gasteiger charge is 2.10. The lowest BCUT2D eigenvalue weighted by Gasteiger charge is -2.11. The van der Waals surface area contributed by atoms with E-state index in [4.69, 9.17) is 0 Å². The Balaban J connectivity index is 1.84. The van der Waals surface area contributed by atoms with Gasteiger partial charge in [-0.3, -0.25) is 9.59 Å². The zero-order valence-electron chi connectivity index (χ0n) is 16.0. The number of nitrogens with one attached hydrogen (secondary N) is 1. The van der Waals surface area contributed by atoms with Crippen molar-refractivity contribution in [2.75, 3.05) is 5.32 Å². The van der Waals surface area contributed by atoms with Crippen LogP contribution in [-0.2, 0) is 11.3 Å². The quantitative estimate of drug-likeness (QED) is 0.769. The number of carbonyl (C=O) groups excluding carboxylic acids is 1. The summed E-state index contributed by atoms with van der Waals surface area (Å²) in [6, 6.07) is 14.9. The zero-order valence-corrected chi connectivity index (χ0v) is 16.0. The second kappa shape index (κ2) is 7.58. The number of aryl methyl sites for hydroxylation is 3. The third kappa shape index (κ3) is 4.14. The Morgan fingerprint density at radius 1 is 0.963 bits per heavy atom. The number of anilines is 1. The van der Waals surface area contributed by atoms with E-state index in [1.54, 1.807) is 6.07 Å². The lowest BCUT2D eigenvalue weighted by Crippen LogP contribution is -2.29. The maximum atomic E-state index is 12.4. The van der Waals surface area contributed by atoms with Gasteiger partial charge in [0.05, 0.1) is 5.69 Å². The smallest absolute Gasteiger partial charge is 0.267 e. The molecule has 0 saturated heterocycles. The van der Waals surface area contributed by atoms with Crippen molar-refractivity contribution in [1.29, 1.82) is 0 Å². The fourth-order valence-corrected chi connectivity index (χ4v) is 2.83. The predicted molar refractivity (Wildman–Crippen MR) is 108 cm³/mol. The van der Waals surface area contributed by atoms with Crippen molar-refractivity contribution < 1.29 is 4.79 Å². The summed E-state index contributed by atoms with van der Waals surface area (Å²) in [5.74, 6) is -0.282. The number of amides is 1. The van der Waals surface area contributed by atoms with Crippen LogP contribution in [-0.4, -0.2) is 15.7 Å². The monoisotopic (exact) mass is 361 g/mol. The second-order valence-corrected chi connectivity index (χ2v) is 6.81. The maximum Gasteiger partial charge on any atom is 0.267 e. The van der Waals surface area contributed by atoms with Gasteiger partial charge < -0.3 is 5.32 Å². The van der Waals surface area contributed by atoms with Crippen LogP contribution >= 0.6 is 0 Å². The van der Waals surface area contributed by atoms with E-state index in [-0.39, 0.29) is 18.0 Å². The van der Waals surface area contributed by atoms with Crippen LogP contribution in [0.15, 0.2) is 53.3 Å². The molecule has 3 rings (SSSR count). The molecule has 1 amide bonds. The van der Waals surface area contributed by atoms with E-state index in [9.17, 15) is 9.59 Å². The van der Waals surface area contributed by atoms with Crippen LogP contribution in [0.3, 0.4) is 0 Å². The largest absolute Gasteiger partial charge is 0.324 e. The first-order valence-corrected chi connectivity index (χ1v) is 8.87. The van der Waals surface area contributed by atoms with Gasteiger partial charge in [-0.25, -0.2) is 4.68 Å². The minimum atomic E-state index is -0.307. The zero-order chi connectivity index (χ0) is 19.6. The average Bonchev–Trinajstić information content (AvgIpc) is 2.63. The first kappa shape index (κ1) is 18.6. The minimum absolute atomic E-state index is 0.134. The van der Waals surface area contributed by atoms with Crippen molar-refractivity contribution in [3.63, 3.8) is 0 Å². The highest BCUT2D eigenvalue weighted by Crippen LogP contribution is 2.20. The Kier molecular flexibility index (Phi) is 5.21. The summed E-state index contributed by atoms with van der Waals surface area (Å²) in [5.41, 5.74) is 6.48. The number of carbonyl (C=O) groups is 1. The molecule has 2 aromatic carbocycles. The molecule has 0 saturated carbocycles. The highest BCUT2D eigenvalue weighted by molar-refractivity contribution is 5.91. The molecule has 0 aliphatic rings. The summed E-state index contributed by atoms with van der Waals surface area (Å²) in [5, 5.41) is 7.24. The van der Waals surface area contributed by atoms with Gasteiger partial charge in [-0.15, -0.1) is 0 Å². The number of hydrogen-bond acceptors (Lipinski definition) is 3. The minimum Gasteiger partial charge on any atom is -0.324 e. The lowest BCUT2D eigenvalue weighted by molar-refractivity contribution is -0.117. The third-order valence-electron chi connectivity index (χ3n) is 4.84. The molecule has 1 heterocycles. The molecule has 0 fully saturated rings. The molecule has 1 aromatic heterocycles. The molecular weight excluding hydrogens is 338 g/mol. The van der Waals surface area contributed by atoms with Crippen LogP contribution in [0.25, 0.3) is 11.3 Å². The Labute approximate surface area is 158 Å². The van der Waals surface area contributed by atoms with Gasteiger partial charge in [0.2, 0.25) is 5.91 Å². The van der Waals surface area contributed by atoms with E-state index in [1.807, 2.05) is 64.1 Å². The van der Waals surface area contributed by atoms with E-state index in [1.165, 1.54) is 16.3 Å². The van der Waals surface area contributed by atoms with E-state index in [2.05, 4.69) is 10.4 Å². The van der Waals surface area contributed by atoms with Crippen molar-refractivity contribution in [2.24, 2.45) is 0 Å². The first-order valence-electron chi connectivity index (χ1n) is 8.87. The van der Waals surface area contributed by atoms with Crippen LogP contribution in [0.1, 0.15) is 22.3 Å². The molecule has 3 aromatic rings. The third-order valence-corrected chi connectivity index (χ3v) is 4.84. The first-order chi connectivity index (χ1) is 12.8. The molecule has 138 valence electrons. The van der Waals surface area contributed by atoms with E-state index >= 15 is 0 Å². The lowest BCUT2D eigenvalue weighted by atomic mass is 10.0. The van der Waals surface area contributed by atoms with Crippen molar-refractivity contribution in [3.05, 3.63) is 81.1 Å². The Morgan fingerprint density at radius 2 is 1.74 bits per heavy atom. The van der Waals surface area contributed by atoms with Gasteiger partial charge >= 0.3 is 0 Å². The van der Waals surface area contributed by atoms with Crippen LogP contribution in [0.5, 0.6) is 0 Å². The van der Waals surface area contributed by atoms with Crippen molar-refractivity contribution in [2.45, 2.75) is 34.2 Å². The highest BCUT2D eigenvalue weighted by atomic mass is 16.2. The number of nitrogens with zero attached hydrogens (tertiary/aromatic N) is 2. The van der Waals surface area contributed by atoms with Gasteiger partial charge in [-0.2, -0.15) is 5.10 Å². The van der Waals surface area contributed by atoms with Crippen molar-refractivity contribution >= 4 is 11.6 Å². The van der Waals surface area contributed by atoms with Crippen molar-refractivity contribution in [1.82, 2.24) is 9.78 Å². The van der Waals surface area contributed by atoms with Crippen LogP contribution < -0.4 is 10.9 Å². The summed E-state index contributed by atoms with van der Waals surface area (Å²) in [4.78, 5) is 24.6. The van der Waals surface area contributed by atoms with E-state index < -0.39 is 0 Å². The van der Waals surface area contributed by atoms with Crippen LogP contribution in [0, 0.1) is 27.7 Å². The molecule has 0 atom stereocenters. The molecule has 27 heavy (non-hydrogen) atoms. The van der Waals surface area contributed by atoms with Gasteiger partial charge in [-0.1, -0.05) is 24.3 Å². The van der Waals surface area contributed by atoms with Crippen molar-refractivity contribution in [3.8, 4) is 11.3 Å². The molecule has 5 heteroatoms. The molecular formula is C22H23N3O2. The van der Waals surface area contributed by atoms with Gasteiger partial charge in [0.1, 0.15) is 6.54 Å². The Bertz CT molecular complexity index is 1070. The summed E-state index contributed by atoms with van der Waals surface area (Å²) in [6.45, 7) is 7.89. The molecule has 0 unspecified atom stereocenters. The van der Waals surface area contributed by atoms with Gasteiger partial charge in [-0.05, 0) is 68.1 Å². The van der Waals surface area contributed by atoms with Crippen LogP contribution in [0.2, 0.25) is 0 Å². The fourth-order valence-electron chi connectivity index (χ4n) is 2.83. The van der Waals surface area contributed by atoms with E-state index in [0.29, 0.717) is 5.69 Å². The second-order valence-electron chi connectivity index (χ2n) is 6.81. The average molecular weight is 361 g/mol. The summed E-state index contributed by atoms with van der Waals surface area (Å²) in [6.07, 6.45) is 0. The Hall–Kier alpha value is -3.21. The molecule has 0 aliphatic heterocycles. The van der Waals surface area contributed by atoms with Gasteiger partial charge in [0.15, 0.2) is 0 Å². The normalized spacial score (nSPS) is 10.7. The summed E-state index contributed by atoms with van der Waals surface area (Å²) < 4.78 is 1.20. The molecule has 0 spiro atoms. The molecule has 5 nitrogen and oxygen atoms in total. The number of benzene rings is 2. The van der Waals surface area contributed by atoms with E-state index in [0.717, 1.165) is 27.9 Å². The number of aromatic nitrogens is 2. The SMILES string of the molecule is Cc1ccc(-c2ccc(=O)n(CC(=O)Nc3cccc(C)c3C)n2)cc1C. The Morgan fingerprint density at radius 3 is 2.48 bits per heavy atom. The number of rotatable bonds is 4. The summed E-state index contributed by atoms with van der Waals surface area (Å²) >= 11 is 0.